The fourth-order valence-corrected chi connectivity index (χ4v) is 6.39. The Hall–Kier alpha value is -3.30. The molecule has 1 aliphatic carbocycles. The Kier molecular flexibility index (Phi) is 14.9. The third kappa shape index (κ3) is 10.4. The summed E-state index contributed by atoms with van der Waals surface area (Å²) in [7, 11) is 3.45. The number of nitrogens with two attached hydrogens (primary N) is 1. The third-order valence-corrected chi connectivity index (χ3v) is 9.27. The van der Waals surface area contributed by atoms with Gasteiger partial charge in [0.1, 0.15) is 6.04 Å². The number of hydrogen-bond acceptors (Lipinski definition) is 6. The van der Waals surface area contributed by atoms with E-state index in [2.05, 4.69) is 29.2 Å². The summed E-state index contributed by atoms with van der Waals surface area (Å²) in [4.78, 5) is 42.7. The van der Waals surface area contributed by atoms with Gasteiger partial charge in [-0.15, -0.1) is 0 Å². The molecule has 2 atom stereocenters. The molecule has 254 valence electrons. The molecule has 0 radical (unpaired) electrons. The highest BCUT2D eigenvalue weighted by Gasteiger charge is 2.40. The normalized spacial score (nSPS) is 14.6. The van der Waals surface area contributed by atoms with Crippen LogP contribution in [0.25, 0.3) is 0 Å². The molecule has 0 bridgehead atoms. The quantitative estimate of drug-likeness (QED) is 0.131. The van der Waals surface area contributed by atoms with E-state index in [1.54, 1.807) is 32.0 Å². The van der Waals surface area contributed by atoms with Crippen LogP contribution in [0, 0.1) is 5.41 Å². The van der Waals surface area contributed by atoms with Crippen LogP contribution >= 0.6 is 11.9 Å². The van der Waals surface area contributed by atoms with E-state index in [-0.39, 0.29) is 24.3 Å². The zero-order chi connectivity index (χ0) is 34.7. The number of rotatable bonds is 11. The van der Waals surface area contributed by atoms with Gasteiger partial charge in [0.15, 0.2) is 0 Å². The van der Waals surface area contributed by atoms with Gasteiger partial charge in [-0.2, -0.15) is 0 Å². The number of fused-ring (bicyclic) bond motifs is 1. The lowest BCUT2D eigenvalue weighted by Gasteiger charge is -2.38. The smallest absolute Gasteiger partial charge is 0.256 e. The average Bonchev–Trinajstić information content (AvgIpc) is 3.02. The van der Waals surface area contributed by atoms with Gasteiger partial charge in [0, 0.05) is 35.2 Å². The number of nitrogens with one attached hydrogen (secondary N) is 3. The molecule has 5 N–H and O–H groups in total. The van der Waals surface area contributed by atoms with Crippen molar-refractivity contribution in [2.24, 2.45) is 5.41 Å². The molecule has 8 nitrogen and oxygen atoms in total. The number of likely N-dealkylation sites (N-methyl/N-ethyl adjacent to an activating group) is 2. The molecule has 1 aliphatic rings. The minimum atomic E-state index is -0.762. The number of nitrogen functional groups attached to an aromatic ring is 1. The van der Waals surface area contributed by atoms with Gasteiger partial charge in [0.2, 0.25) is 11.8 Å². The summed E-state index contributed by atoms with van der Waals surface area (Å²) in [6.07, 6.45) is 7.17. The number of benzene rings is 2. The maximum Gasteiger partial charge on any atom is 0.256 e. The van der Waals surface area contributed by atoms with Crippen molar-refractivity contribution in [1.29, 1.82) is 0 Å². The molecule has 0 spiro atoms. The Morgan fingerprint density at radius 1 is 0.957 bits per heavy atom. The van der Waals surface area contributed by atoms with Gasteiger partial charge in [-0.25, -0.2) is 0 Å². The molecule has 2 unspecified atom stereocenters. The summed E-state index contributed by atoms with van der Waals surface area (Å²) in [5, 5.41) is 6.20. The Morgan fingerprint density at radius 2 is 1.54 bits per heavy atom. The zero-order valence-electron chi connectivity index (χ0n) is 29.7. The van der Waals surface area contributed by atoms with Crippen molar-refractivity contribution in [3.8, 4) is 0 Å². The van der Waals surface area contributed by atoms with Crippen LogP contribution in [0.3, 0.4) is 0 Å². The first-order valence-electron chi connectivity index (χ1n) is 16.4. The maximum atomic E-state index is 13.7. The molecule has 46 heavy (non-hydrogen) atoms. The van der Waals surface area contributed by atoms with Gasteiger partial charge >= 0.3 is 0 Å². The lowest BCUT2D eigenvalue weighted by atomic mass is 9.76. The molecule has 0 aromatic heterocycles. The fourth-order valence-electron chi connectivity index (χ4n) is 5.55. The molecule has 0 saturated carbocycles. The van der Waals surface area contributed by atoms with Crippen LogP contribution in [0.15, 0.2) is 59.0 Å². The van der Waals surface area contributed by atoms with Gasteiger partial charge in [0.25, 0.3) is 5.91 Å². The second kappa shape index (κ2) is 17.6. The van der Waals surface area contributed by atoms with Crippen LogP contribution < -0.4 is 21.1 Å². The standard InChI is InChI=1S/C34H49N5O3S.C3H8/c1-22(30(40)38-43-27-19-18-26(35)24-16-12-13-17-25(24)27)20-21-39(8)32(42)29(33(2,3)4)37-31(41)28(36-7)34(5,6)23-14-10-9-11-15-23;1-3-2/h9-11,14-15,18-20,28-29,36H,12-13,16-17,21,35H2,1-8H3,(H,37,41)(H,38,40);3H2,1-2H3/b22-20+;. The average molecular weight is 652 g/mol. The SMILES string of the molecule is CCC.CNC(C(=O)NC(C(=O)N(C)C/C=C(\C)C(=O)NSc1ccc(N)c2c1CCCC2)C(C)(C)C)C(C)(C)c1ccccc1. The summed E-state index contributed by atoms with van der Waals surface area (Å²) in [6, 6.07) is 12.4. The number of anilines is 1. The van der Waals surface area contributed by atoms with E-state index in [0.717, 1.165) is 41.8 Å². The van der Waals surface area contributed by atoms with E-state index in [1.807, 2.05) is 77.1 Å². The van der Waals surface area contributed by atoms with Crippen molar-refractivity contribution in [1.82, 2.24) is 20.3 Å². The van der Waals surface area contributed by atoms with Gasteiger partial charge in [-0.3, -0.25) is 19.1 Å². The molecule has 3 amide bonds. The summed E-state index contributed by atoms with van der Waals surface area (Å²) in [5.41, 5.74) is 9.90. The lowest BCUT2D eigenvalue weighted by molar-refractivity contribution is -0.139. The Labute approximate surface area is 281 Å². The molecular formula is C37H57N5O3S. The van der Waals surface area contributed by atoms with Crippen molar-refractivity contribution in [3.05, 3.63) is 70.8 Å². The minimum absolute atomic E-state index is 0.215. The highest BCUT2D eigenvalue weighted by Crippen LogP contribution is 2.33. The molecule has 9 heteroatoms. The third-order valence-electron chi connectivity index (χ3n) is 8.38. The largest absolute Gasteiger partial charge is 0.398 e. The Morgan fingerprint density at radius 3 is 2.11 bits per heavy atom. The number of hydrogen-bond donors (Lipinski definition) is 4. The van der Waals surface area contributed by atoms with Crippen LogP contribution in [0.4, 0.5) is 5.69 Å². The van der Waals surface area contributed by atoms with E-state index in [0.29, 0.717) is 5.57 Å². The monoisotopic (exact) mass is 651 g/mol. The van der Waals surface area contributed by atoms with Crippen molar-refractivity contribution in [2.75, 3.05) is 26.4 Å². The Balaban J connectivity index is 0.00000236. The fraction of sp³-hybridized carbons (Fsp3) is 0.541. The van der Waals surface area contributed by atoms with Crippen LogP contribution in [0.2, 0.25) is 0 Å². The molecule has 2 aromatic carbocycles. The summed E-state index contributed by atoms with van der Waals surface area (Å²) in [5.74, 6) is -0.681. The van der Waals surface area contributed by atoms with Crippen molar-refractivity contribution < 1.29 is 14.4 Å². The van der Waals surface area contributed by atoms with Crippen LogP contribution in [-0.2, 0) is 32.6 Å². The highest BCUT2D eigenvalue weighted by atomic mass is 32.2. The van der Waals surface area contributed by atoms with E-state index >= 15 is 0 Å². The topological polar surface area (TPSA) is 117 Å². The van der Waals surface area contributed by atoms with E-state index in [1.165, 1.54) is 29.5 Å². The van der Waals surface area contributed by atoms with Crippen molar-refractivity contribution in [2.45, 2.75) is 110 Å². The molecule has 0 heterocycles. The van der Waals surface area contributed by atoms with Crippen LogP contribution in [0.1, 0.15) is 91.3 Å². The highest BCUT2D eigenvalue weighted by molar-refractivity contribution is 7.98. The molecule has 0 fully saturated rings. The second-order valence-electron chi connectivity index (χ2n) is 13.8. The molecule has 0 saturated heterocycles. The van der Waals surface area contributed by atoms with Crippen molar-refractivity contribution in [3.63, 3.8) is 0 Å². The molecular weight excluding hydrogens is 595 g/mol. The molecule has 0 aliphatic heterocycles. The molecule has 3 rings (SSSR count). The number of carbonyl (C=O) groups is 3. The summed E-state index contributed by atoms with van der Waals surface area (Å²) in [6.45, 7) is 16.0. The predicted molar refractivity (Wildman–Crippen MR) is 193 cm³/mol. The van der Waals surface area contributed by atoms with Gasteiger partial charge in [-0.1, -0.05) is 91.3 Å². The summed E-state index contributed by atoms with van der Waals surface area (Å²) < 4.78 is 2.94. The van der Waals surface area contributed by atoms with Gasteiger partial charge < -0.3 is 21.3 Å². The molecule has 2 aromatic rings. The number of nitrogens with zero attached hydrogens (tertiary/aromatic N) is 1. The summed E-state index contributed by atoms with van der Waals surface area (Å²) >= 11 is 1.31. The number of carbonyl (C=O) groups excluding carboxylic acids is 3. The predicted octanol–water partition coefficient (Wildman–Crippen LogP) is 6.19. The van der Waals surface area contributed by atoms with E-state index in [4.69, 9.17) is 5.73 Å². The van der Waals surface area contributed by atoms with Crippen LogP contribution in [0.5, 0.6) is 0 Å². The Bertz CT molecular complexity index is 1350. The minimum Gasteiger partial charge on any atom is -0.398 e. The first-order chi connectivity index (χ1) is 21.6. The second-order valence-corrected chi connectivity index (χ2v) is 14.6. The van der Waals surface area contributed by atoms with Gasteiger partial charge in [-0.05, 0) is 85.8 Å². The zero-order valence-corrected chi connectivity index (χ0v) is 30.5. The first kappa shape index (κ1) is 38.9. The van der Waals surface area contributed by atoms with E-state index < -0.39 is 22.9 Å². The lowest BCUT2D eigenvalue weighted by Crippen LogP contribution is -2.60. The van der Waals surface area contributed by atoms with Gasteiger partial charge in [0.05, 0.1) is 6.04 Å². The number of amides is 3. The first-order valence-corrected chi connectivity index (χ1v) is 17.2. The van der Waals surface area contributed by atoms with Crippen molar-refractivity contribution >= 4 is 35.4 Å². The van der Waals surface area contributed by atoms with E-state index in [9.17, 15) is 14.4 Å². The maximum absolute atomic E-state index is 13.7. The van der Waals surface area contributed by atoms with Crippen LogP contribution in [-0.4, -0.2) is 55.3 Å².